The van der Waals surface area contributed by atoms with E-state index < -0.39 is 6.10 Å². The molecule has 19 heavy (non-hydrogen) atoms. The summed E-state index contributed by atoms with van der Waals surface area (Å²) in [5.41, 5.74) is 1.96. The number of carbonyl (C=O) groups excluding carboxylic acids is 1. The molecule has 1 saturated heterocycles. The van der Waals surface area contributed by atoms with Crippen molar-refractivity contribution in [1.82, 2.24) is 15.1 Å². The van der Waals surface area contributed by atoms with Crippen LogP contribution in [0.2, 0.25) is 5.02 Å². The highest BCUT2D eigenvalue weighted by Crippen LogP contribution is 2.25. The molecule has 98 valence electrons. The van der Waals surface area contributed by atoms with Crippen molar-refractivity contribution in [1.29, 1.82) is 0 Å². The van der Waals surface area contributed by atoms with Crippen molar-refractivity contribution in [2.45, 2.75) is 6.10 Å². The first-order valence-electron chi connectivity index (χ1n) is 5.92. The summed E-state index contributed by atoms with van der Waals surface area (Å²) in [4.78, 5) is 13.8. The van der Waals surface area contributed by atoms with Crippen molar-refractivity contribution in [2.24, 2.45) is 0 Å². The highest BCUT2D eigenvalue weighted by Gasteiger charge is 2.31. The van der Waals surface area contributed by atoms with Crippen LogP contribution in [0.4, 0.5) is 0 Å². The molecule has 1 aromatic heterocycles. The van der Waals surface area contributed by atoms with E-state index in [0.29, 0.717) is 29.4 Å². The van der Waals surface area contributed by atoms with Crippen LogP contribution in [0.3, 0.4) is 0 Å². The van der Waals surface area contributed by atoms with Crippen LogP contribution >= 0.6 is 11.6 Å². The number of likely N-dealkylation sites (tertiary alicyclic amines) is 1. The van der Waals surface area contributed by atoms with Crippen LogP contribution in [-0.2, 0) is 0 Å². The van der Waals surface area contributed by atoms with E-state index in [0.717, 1.165) is 5.56 Å². The second-order valence-electron chi connectivity index (χ2n) is 4.53. The summed E-state index contributed by atoms with van der Waals surface area (Å²) < 4.78 is 0. The van der Waals surface area contributed by atoms with Gasteiger partial charge in [0, 0.05) is 23.7 Å². The number of amides is 1. The molecule has 1 aliphatic rings. The zero-order chi connectivity index (χ0) is 13.4. The summed E-state index contributed by atoms with van der Waals surface area (Å²) in [6, 6.07) is 7.23. The van der Waals surface area contributed by atoms with Gasteiger partial charge in [0.25, 0.3) is 5.91 Å². The number of benzene rings is 1. The summed E-state index contributed by atoms with van der Waals surface area (Å²) in [6.07, 6.45) is 1.09. The third kappa shape index (κ3) is 2.22. The Morgan fingerprint density at radius 2 is 2.26 bits per heavy atom. The maximum absolute atomic E-state index is 12.2. The SMILES string of the molecule is O=C(c1cn[nH]c1-c1cccc(Cl)c1)N1CC(O)C1. The first-order chi connectivity index (χ1) is 9.15. The number of aromatic nitrogens is 2. The molecule has 0 unspecified atom stereocenters. The molecule has 5 nitrogen and oxygen atoms in total. The predicted molar refractivity (Wildman–Crippen MR) is 70.9 cm³/mol. The highest BCUT2D eigenvalue weighted by molar-refractivity contribution is 6.30. The van der Waals surface area contributed by atoms with Crippen molar-refractivity contribution in [3.63, 3.8) is 0 Å². The van der Waals surface area contributed by atoms with E-state index in [4.69, 9.17) is 11.6 Å². The van der Waals surface area contributed by atoms with Crippen LogP contribution in [-0.4, -0.2) is 45.3 Å². The molecular weight excluding hydrogens is 266 g/mol. The van der Waals surface area contributed by atoms with E-state index in [1.807, 2.05) is 12.1 Å². The number of rotatable bonds is 2. The molecule has 1 fully saturated rings. The van der Waals surface area contributed by atoms with Crippen molar-refractivity contribution in [3.05, 3.63) is 41.0 Å². The lowest BCUT2D eigenvalue weighted by Gasteiger charge is -2.35. The Balaban J connectivity index is 1.92. The molecule has 0 atom stereocenters. The lowest BCUT2D eigenvalue weighted by atomic mass is 10.1. The molecule has 2 heterocycles. The zero-order valence-corrected chi connectivity index (χ0v) is 10.8. The minimum absolute atomic E-state index is 0.131. The maximum atomic E-state index is 12.2. The molecule has 2 aromatic rings. The van der Waals surface area contributed by atoms with E-state index in [1.54, 1.807) is 17.0 Å². The molecule has 0 radical (unpaired) electrons. The summed E-state index contributed by atoms with van der Waals surface area (Å²) in [5, 5.41) is 16.6. The summed E-state index contributed by atoms with van der Waals surface area (Å²) in [5.74, 6) is -0.131. The van der Waals surface area contributed by atoms with E-state index in [1.165, 1.54) is 6.20 Å². The van der Waals surface area contributed by atoms with Gasteiger partial charge in [0.05, 0.1) is 23.6 Å². The zero-order valence-electron chi connectivity index (χ0n) is 10.0. The number of carbonyl (C=O) groups is 1. The van der Waals surface area contributed by atoms with Crippen molar-refractivity contribution < 1.29 is 9.90 Å². The van der Waals surface area contributed by atoms with Gasteiger partial charge in [-0.3, -0.25) is 9.89 Å². The first-order valence-corrected chi connectivity index (χ1v) is 6.29. The molecule has 1 aliphatic heterocycles. The number of H-pyrrole nitrogens is 1. The fourth-order valence-electron chi connectivity index (χ4n) is 2.10. The lowest BCUT2D eigenvalue weighted by Crippen LogP contribution is -2.53. The fourth-order valence-corrected chi connectivity index (χ4v) is 2.29. The standard InChI is InChI=1S/C13H12ClN3O2/c14-9-3-1-2-8(4-9)12-11(5-15-16-12)13(19)17-6-10(18)7-17/h1-5,10,18H,6-7H2,(H,15,16). The van der Waals surface area contributed by atoms with E-state index in [-0.39, 0.29) is 5.91 Å². The number of aliphatic hydroxyl groups is 1. The summed E-state index contributed by atoms with van der Waals surface area (Å²) in [6.45, 7) is 0.748. The molecule has 1 amide bonds. The second-order valence-corrected chi connectivity index (χ2v) is 4.97. The Labute approximate surface area is 114 Å². The number of nitrogens with zero attached hydrogens (tertiary/aromatic N) is 2. The average molecular weight is 278 g/mol. The molecular formula is C13H12ClN3O2. The third-order valence-corrected chi connectivity index (χ3v) is 3.37. The molecule has 0 bridgehead atoms. The lowest BCUT2D eigenvalue weighted by molar-refractivity contribution is 0.00595. The van der Waals surface area contributed by atoms with E-state index in [2.05, 4.69) is 10.2 Å². The Kier molecular flexibility index (Phi) is 3.00. The number of nitrogens with one attached hydrogen (secondary N) is 1. The first kappa shape index (κ1) is 12.2. The molecule has 0 saturated carbocycles. The van der Waals surface area contributed by atoms with Crippen LogP contribution in [0.25, 0.3) is 11.3 Å². The second kappa shape index (κ2) is 4.68. The molecule has 6 heteroatoms. The summed E-state index contributed by atoms with van der Waals surface area (Å²) >= 11 is 5.95. The molecule has 1 aromatic carbocycles. The average Bonchev–Trinajstić information content (AvgIpc) is 2.83. The van der Waals surface area contributed by atoms with Gasteiger partial charge in [-0.15, -0.1) is 0 Å². The van der Waals surface area contributed by atoms with Gasteiger partial charge in [-0.1, -0.05) is 23.7 Å². The van der Waals surface area contributed by atoms with Gasteiger partial charge in [0.15, 0.2) is 0 Å². The molecule has 0 spiro atoms. The largest absolute Gasteiger partial charge is 0.389 e. The third-order valence-electron chi connectivity index (χ3n) is 3.13. The fraction of sp³-hybridized carbons (Fsp3) is 0.231. The number of hydrogen-bond acceptors (Lipinski definition) is 3. The minimum atomic E-state index is -0.412. The number of halogens is 1. The van der Waals surface area contributed by atoms with Crippen molar-refractivity contribution >= 4 is 17.5 Å². The summed E-state index contributed by atoms with van der Waals surface area (Å²) in [7, 11) is 0. The van der Waals surface area contributed by atoms with Gasteiger partial charge in [0.2, 0.25) is 0 Å². The Morgan fingerprint density at radius 1 is 1.47 bits per heavy atom. The van der Waals surface area contributed by atoms with Crippen molar-refractivity contribution in [2.75, 3.05) is 13.1 Å². The van der Waals surface area contributed by atoms with E-state index in [9.17, 15) is 9.90 Å². The normalized spacial score (nSPS) is 15.4. The van der Waals surface area contributed by atoms with Crippen molar-refractivity contribution in [3.8, 4) is 11.3 Å². The maximum Gasteiger partial charge on any atom is 0.257 e. The van der Waals surface area contributed by atoms with Crippen LogP contribution in [0, 0.1) is 0 Å². The number of hydrogen-bond donors (Lipinski definition) is 2. The predicted octanol–water partition coefficient (Wildman–Crippen LogP) is 1.55. The van der Waals surface area contributed by atoms with Crippen LogP contribution in [0.5, 0.6) is 0 Å². The van der Waals surface area contributed by atoms with Crippen LogP contribution in [0.1, 0.15) is 10.4 Å². The number of aliphatic hydroxyl groups excluding tert-OH is 1. The smallest absolute Gasteiger partial charge is 0.257 e. The van der Waals surface area contributed by atoms with E-state index >= 15 is 0 Å². The van der Waals surface area contributed by atoms with Gasteiger partial charge in [-0.25, -0.2) is 0 Å². The van der Waals surface area contributed by atoms with Crippen LogP contribution in [0.15, 0.2) is 30.5 Å². The molecule has 2 N–H and O–H groups in total. The minimum Gasteiger partial charge on any atom is -0.389 e. The van der Waals surface area contributed by atoms with Gasteiger partial charge in [-0.05, 0) is 12.1 Å². The molecule has 0 aliphatic carbocycles. The molecule has 3 rings (SSSR count). The number of β-amino-alcohol motifs (C(OH)–C–C–N with tert-alkyl or cyclic N) is 1. The van der Waals surface area contributed by atoms with Gasteiger partial charge in [0.1, 0.15) is 0 Å². The quantitative estimate of drug-likeness (QED) is 0.875. The Hall–Kier alpha value is -1.85. The van der Waals surface area contributed by atoms with Gasteiger partial charge < -0.3 is 10.0 Å². The van der Waals surface area contributed by atoms with Gasteiger partial charge >= 0.3 is 0 Å². The van der Waals surface area contributed by atoms with Gasteiger partial charge in [-0.2, -0.15) is 5.10 Å². The topological polar surface area (TPSA) is 69.2 Å². The Morgan fingerprint density at radius 3 is 2.95 bits per heavy atom. The monoisotopic (exact) mass is 277 g/mol. The Bertz CT molecular complexity index is 620. The van der Waals surface area contributed by atoms with Crippen LogP contribution < -0.4 is 0 Å². The number of aromatic amines is 1. The highest BCUT2D eigenvalue weighted by atomic mass is 35.5.